The molecule has 2 heterocycles. The van der Waals surface area contributed by atoms with E-state index >= 15 is 0 Å². The molecule has 3 aliphatic rings. The molecule has 4 rings (SSSR count). The van der Waals surface area contributed by atoms with Crippen LogP contribution in [-0.2, 0) is 16.0 Å². The number of carboxylic acid groups (broad SMARTS) is 1. The van der Waals surface area contributed by atoms with Crippen LogP contribution < -0.4 is 0 Å². The monoisotopic (exact) mass is 347 g/mol. The van der Waals surface area contributed by atoms with Crippen LogP contribution in [0.5, 0.6) is 0 Å². The third kappa shape index (κ3) is 3.41. The Morgan fingerprint density at radius 2 is 2.00 bits per heavy atom. The van der Waals surface area contributed by atoms with Crippen LogP contribution in [0.15, 0.2) is 4.52 Å². The average molecular weight is 347 g/mol. The first-order valence-corrected chi connectivity index (χ1v) is 9.50. The van der Waals surface area contributed by atoms with E-state index in [0.29, 0.717) is 43.4 Å². The first kappa shape index (κ1) is 16.5. The van der Waals surface area contributed by atoms with Gasteiger partial charge in [0.25, 0.3) is 0 Å². The molecule has 2 aliphatic carbocycles. The third-order valence-corrected chi connectivity index (χ3v) is 5.87. The van der Waals surface area contributed by atoms with E-state index in [0.717, 1.165) is 44.3 Å². The van der Waals surface area contributed by atoms with Gasteiger partial charge in [0.2, 0.25) is 11.8 Å². The summed E-state index contributed by atoms with van der Waals surface area (Å²) in [4.78, 5) is 30.4. The summed E-state index contributed by atoms with van der Waals surface area (Å²) in [5, 5.41) is 13.5. The quantitative estimate of drug-likeness (QED) is 0.849. The number of amides is 1. The molecule has 0 bridgehead atoms. The van der Waals surface area contributed by atoms with Gasteiger partial charge < -0.3 is 14.5 Å². The van der Waals surface area contributed by atoms with E-state index in [2.05, 4.69) is 10.1 Å². The van der Waals surface area contributed by atoms with Crippen molar-refractivity contribution < 1.29 is 19.2 Å². The van der Waals surface area contributed by atoms with Gasteiger partial charge in [-0.15, -0.1) is 0 Å². The van der Waals surface area contributed by atoms with Crippen molar-refractivity contribution in [1.82, 2.24) is 15.0 Å². The maximum atomic E-state index is 12.7. The SMILES string of the molecule is O=C(O)C1CC2CCCCC2N1C(=O)CCCc1nc(C2CC2)no1. The number of aliphatic carboxylic acids is 1. The summed E-state index contributed by atoms with van der Waals surface area (Å²) in [6.45, 7) is 0. The van der Waals surface area contributed by atoms with Crippen molar-refractivity contribution in [3.63, 3.8) is 0 Å². The number of hydrogen-bond acceptors (Lipinski definition) is 5. The van der Waals surface area contributed by atoms with Gasteiger partial charge in [0, 0.05) is 24.8 Å². The lowest BCUT2D eigenvalue weighted by Crippen LogP contribution is -2.46. The zero-order valence-electron chi connectivity index (χ0n) is 14.4. The van der Waals surface area contributed by atoms with E-state index in [4.69, 9.17) is 4.52 Å². The molecule has 3 fully saturated rings. The Morgan fingerprint density at radius 1 is 1.20 bits per heavy atom. The molecule has 0 spiro atoms. The molecule has 1 aromatic rings. The van der Waals surface area contributed by atoms with E-state index in [1.165, 1.54) is 0 Å². The van der Waals surface area contributed by atoms with Crippen LogP contribution in [0.2, 0.25) is 0 Å². The molecule has 1 N–H and O–H groups in total. The van der Waals surface area contributed by atoms with Crippen molar-refractivity contribution in [3.05, 3.63) is 11.7 Å². The first-order valence-electron chi connectivity index (χ1n) is 9.50. The Kier molecular flexibility index (Phi) is 4.48. The van der Waals surface area contributed by atoms with Crippen LogP contribution >= 0.6 is 0 Å². The molecular formula is C18H25N3O4. The Balaban J connectivity index is 1.34. The maximum absolute atomic E-state index is 12.7. The number of nitrogens with zero attached hydrogens (tertiary/aromatic N) is 3. The highest BCUT2D eigenvalue weighted by Crippen LogP contribution is 2.40. The fourth-order valence-corrected chi connectivity index (χ4v) is 4.44. The number of hydrogen-bond donors (Lipinski definition) is 1. The predicted molar refractivity (Wildman–Crippen MR) is 87.8 cm³/mol. The minimum absolute atomic E-state index is 0.0382. The van der Waals surface area contributed by atoms with E-state index in [1.807, 2.05) is 0 Å². The molecule has 3 unspecified atom stereocenters. The number of aromatic nitrogens is 2. The van der Waals surface area contributed by atoms with Gasteiger partial charge in [-0.25, -0.2) is 4.79 Å². The summed E-state index contributed by atoms with van der Waals surface area (Å²) in [5.41, 5.74) is 0. The van der Waals surface area contributed by atoms with E-state index in [1.54, 1.807) is 4.90 Å². The minimum Gasteiger partial charge on any atom is -0.480 e. The third-order valence-electron chi connectivity index (χ3n) is 5.87. The Bertz CT molecular complexity index is 655. The van der Waals surface area contributed by atoms with Crippen molar-refractivity contribution in [2.24, 2.45) is 5.92 Å². The lowest BCUT2D eigenvalue weighted by Gasteiger charge is -2.33. The van der Waals surface area contributed by atoms with Crippen LogP contribution in [0, 0.1) is 5.92 Å². The fraction of sp³-hybridized carbons (Fsp3) is 0.778. The van der Waals surface area contributed by atoms with Crippen molar-refractivity contribution in [3.8, 4) is 0 Å². The molecule has 7 nitrogen and oxygen atoms in total. The highest BCUT2D eigenvalue weighted by atomic mass is 16.5. The lowest BCUT2D eigenvalue weighted by atomic mass is 9.84. The predicted octanol–water partition coefficient (Wildman–Crippen LogP) is 2.51. The number of likely N-dealkylation sites (tertiary alicyclic amines) is 1. The highest BCUT2D eigenvalue weighted by Gasteiger charge is 2.47. The standard InChI is InChI=1S/C18H25N3O4/c22-16(7-3-6-15-19-17(20-25-15)11-8-9-11)21-13-5-2-1-4-12(13)10-14(21)18(23)24/h11-14H,1-10H2,(H,23,24). The second-order valence-electron chi connectivity index (χ2n) is 7.68. The summed E-state index contributed by atoms with van der Waals surface area (Å²) in [6, 6.07) is -0.530. The molecule has 2 saturated carbocycles. The van der Waals surface area contributed by atoms with Gasteiger partial charge in [0.1, 0.15) is 6.04 Å². The molecule has 0 aromatic carbocycles. The number of carbonyl (C=O) groups excluding carboxylic acids is 1. The van der Waals surface area contributed by atoms with E-state index in [9.17, 15) is 14.7 Å². The Morgan fingerprint density at radius 3 is 2.76 bits per heavy atom. The van der Waals surface area contributed by atoms with Gasteiger partial charge in [-0.05, 0) is 44.4 Å². The molecule has 1 amide bonds. The Hall–Kier alpha value is -1.92. The van der Waals surface area contributed by atoms with Crippen molar-refractivity contribution in [2.75, 3.05) is 0 Å². The summed E-state index contributed by atoms with van der Waals surface area (Å²) in [5.74, 6) is 1.29. The van der Waals surface area contributed by atoms with Gasteiger partial charge in [-0.2, -0.15) is 4.98 Å². The molecule has 7 heteroatoms. The average Bonchev–Trinajstić information content (AvgIpc) is 3.21. The summed E-state index contributed by atoms with van der Waals surface area (Å²) >= 11 is 0. The second-order valence-corrected chi connectivity index (χ2v) is 7.68. The topological polar surface area (TPSA) is 96.5 Å². The molecule has 25 heavy (non-hydrogen) atoms. The number of aryl methyl sites for hydroxylation is 1. The first-order chi connectivity index (χ1) is 12.1. The molecule has 1 saturated heterocycles. The van der Waals surface area contributed by atoms with Crippen LogP contribution in [0.1, 0.15) is 75.4 Å². The highest BCUT2D eigenvalue weighted by molar-refractivity contribution is 5.84. The summed E-state index contributed by atoms with van der Waals surface area (Å²) in [7, 11) is 0. The molecule has 0 radical (unpaired) electrons. The van der Waals surface area contributed by atoms with Gasteiger partial charge in [0.15, 0.2) is 5.82 Å². The largest absolute Gasteiger partial charge is 0.480 e. The number of fused-ring (bicyclic) bond motifs is 1. The van der Waals surface area contributed by atoms with Gasteiger partial charge in [-0.3, -0.25) is 4.79 Å². The van der Waals surface area contributed by atoms with Crippen LogP contribution in [0.3, 0.4) is 0 Å². The number of carbonyl (C=O) groups is 2. The van der Waals surface area contributed by atoms with Gasteiger partial charge >= 0.3 is 5.97 Å². The Labute approximate surface area is 146 Å². The van der Waals surface area contributed by atoms with Crippen LogP contribution in [0.4, 0.5) is 0 Å². The second kappa shape index (κ2) is 6.77. The fourth-order valence-electron chi connectivity index (χ4n) is 4.44. The van der Waals surface area contributed by atoms with Gasteiger partial charge in [0.05, 0.1) is 0 Å². The van der Waals surface area contributed by atoms with Crippen LogP contribution in [-0.4, -0.2) is 44.1 Å². The van der Waals surface area contributed by atoms with Gasteiger partial charge in [-0.1, -0.05) is 18.0 Å². The lowest BCUT2D eigenvalue weighted by molar-refractivity contribution is -0.149. The molecular weight excluding hydrogens is 322 g/mol. The normalized spacial score (nSPS) is 28.8. The van der Waals surface area contributed by atoms with E-state index < -0.39 is 12.0 Å². The molecule has 1 aliphatic heterocycles. The molecule has 1 aromatic heterocycles. The van der Waals surface area contributed by atoms with Crippen molar-refractivity contribution in [1.29, 1.82) is 0 Å². The number of rotatable bonds is 6. The van der Waals surface area contributed by atoms with Crippen LogP contribution in [0.25, 0.3) is 0 Å². The van der Waals surface area contributed by atoms with E-state index in [-0.39, 0.29) is 11.9 Å². The van der Waals surface area contributed by atoms with Crippen molar-refractivity contribution in [2.45, 2.75) is 82.2 Å². The molecule has 136 valence electrons. The summed E-state index contributed by atoms with van der Waals surface area (Å²) in [6.07, 6.45) is 8.62. The maximum Gasteiger partial charge on any atom is 0.326 e. The van der Waals surface area contributed by atoms with Crippen molar-refractivity contribution >= 4 is 11.9 Å². The zero-order chi connectivity index (χ0) is 17.4. The summed E-state index contributed by atoms with van der Waals surface area (Å²) < 4.78 is 5.24. The zero-order valence-corrected chi connectivity index (χ0v) is 14.4. The smallest absolute Gasteiger partial charge is 0.326 e. The molecule has 3 atom stereocenters. The number of carboxylic acids is 1. The minimum atomic E-state index is -0.867.